The van der Waals surface area contributed by atoms with Gasteiger partial charge in [0.1, 0.15) is 0 Å². The van der Waals surface area contributed by atoms with Crippen LogP contribution in [-0.2, 0) is 10.8 Å². The molecule has 2 fully saturated rings. The monoisotopic (exact) mass is 200 g/mol. The summed E-state index contributed by atoms with van der Waals surface area (Å²) in [6.45, 7) is 0. The van der Waals surface area contributed by atoms with Crippen molar-refractivity contribution in [3.63, 3.8) is 0 Å². The van der Waals surface area contributed by atoms with Gasteiger partial charge in [-0.2, -0.15) is 0 Å². The first kappa shape index (κ1) is 6.88. The van der Waals surface area contributed by atoms with Crippen LogP contribution in [0.15, 0.2) is 0 Å². The first-order valence-corrected chi connectivity index (χ1v) is 9.15. The Morgan fingerprint density at radius 2 is 2.56 bits per heavy atom. The molecule has 54 valence electrons. The van der Waals surface area contributed by atoms with Crippen LogP contribution in [0.2, 0.25) is 0 Å². The van der Waals surface area contributed by atoms with Crippen LogP contribution in [0.5, 0.6) is 0 Å². The first-order valence-electron chi connectivity index (χ1n) is 2.65. The summed E-state index contributed by atoms with van der Waals surface area (Å²) in [6, 6.07) is 0. The molecular weight excluding hydrogens is 192 g/mol. The molecule has 2 aliphatic heterocycles. The Bertz CT molecular complexity index is 162. The van der Waals surface area contributed by atoms with Gasteiger partial charge < -0.3 is 0 Å². The summed E-state index contributed by atoms with van der Waals surface area (Å²) in [5, 5.41) is 0.874. The topological polar surface area (TPSA) is 17.1 Å². The second-order valence-electron chi connectivity index (χ2n) is 2.16. The van der Waals surface area contributed by atoms with Gasteiger partial charge in [-0.3, -0.25) is 4.21 Å². The lowest BCUT2D eigenvalue weighted by molar-refractivity contribution is 0.689. The smallest absolute Gasteiger partial charge is 0.0786 e. The van der Waals surface area contributed by atoms with Crippen molar-refractivity contribution < 1.29 is 4.21 Å². The van der Waals surface area contributed by atoms with Crippen molar-refractivity contribution in [3.8, 4) is 0 Å². The van der Waals surface area contributed by atoms with E-state index in [0.717, 1.165) is 9.67 Å². The molecule has 0 aromatic heterocycles. The molecule has 1 nitrogen and oxygen atoms in total. The summed E-state index contributed by atoms with van der Waals surface area (Å²) < 4.78 is 11.7. The summed E-state index contributed by atoms with van der Waals surface area (Å²) >= 11 is 0. The molecule has 0 bridgehead atoms. The summed E-state index contributed by atoms with van der Waals surface area (Å²) in [7, 11) is 3.36. The number of hydrogen-bond acceptors (Lipinski definition) is 3. The highest BCUT2D eigenvalue weighted by atomic mass is 33.6. The number of hydrogen-bond donors (Lipinski definition) is 0. The Hall–Kier alpha value is 1.20. The molecule has 0 aromatic rings. The molecule has 3 unspecified atom stereocenters. The van der Waals surface area contributed by atoms with Gasteiger partial charge in [0.25, 0.3) is 0 Å². The fourth-order valence-electron chi connectivity index (χ4n) is 0.603. The molecule has 0 amide bonds. The highest BCUT2D eigenvalue weighted by Gasteiger charge is 2.67. The normalized spacial score (nSPS) is 55.0. The lowest BCUT2D eigenvalue weighted by atomic mass is 11.0. The van der Waals surface area contributed by atoms with Gasteiger partial charge in [-0.1, -0.05) is 21.6 Å². The van der Waals surface area contributed by atoms with Gasteiger partial charge in [0.05, 0.1) is 9.67 Å². The minimum absolute atomic E-state index is 0.162. The third kappa shape index (κ3) is 1.29. The Morgan fingerprint density at radius 1 is 2.00 bits per heavy atom. The van der Waals surface area contributed by atoms with E-state index in [2.05, 4.69) is 10.8 Å². The predicted octanol–water partition coefficient (Wildman–Crippen LogP) is 1.78. The third-order valence-corrected chi connectivity index (χ3v) is 13.8. The van der Waals surface area contributed by atoms with Crippen LogP contribution in [0.1, 0.15) is 0 Å². The zero-order valence-electron chi connectivity index (χ0n) is 5.03. The first-order chi connectivity index (χ1) is 4.23. The van der Waals surface area contributed by atoms with E-state index in [1.807, 2.05) is 10.8 Å². The van der Waals surface area contributed by atoms with Crippen LogP contribution in [0, 0.1) is 0 Å². The number of rotatable bonds is 3. The van der Waals surface area contributed by atoms with Gasteiger partial charge in [-0.15, -0.1) is 8.09 Å². The van der Waals surface area contributed by atoms with Crippen molar-refractivity contribution in [2.45, 2.75) is 4.58 Å². The van der Waals surface area contributed by atoms with E-state index in [9.17, 15) is 4.21 Å². The van der Waals surface area contributed by atoms with Gasteiger partial charge in [-0.05, 0) is 0 Å². The highest BCUT2D eigenvalue weighted by molar-refractivity contribution is 9.40. The average Bonchev–Trinajstić information content (AvgIpc) is 2.44. The molecule has 2 rings (SSSR count). The Balaban J connectivity index is 1.73. The predicted molar refractivity (Wildman–Crippen MR) is 50.4 cm³/mol. The fourth-order valence-corrected chi connectivity index (χ4v) is 13.8. The van der Waals surface area contributed by atoms with Gasteiger partial charge in [0.2, 0.25) is 0 Å². The molecule has 0 aliphatic carbocycles. The molecule has 9 heavy (non-hydrogen) atoms. The molecule has 0 saturated carbocycles. The lowest BCUT2D eigenvalue weighted by Gasteiger charge is -2.01. The van der Waals surface area contributed by atoms with Crippen molar-refractivity contribution in [1.82, 2.24) is 0 Å². The van der Waals surface area contributed by atoms with E-state index < -0.39 is 10.8 Å². The van der Waals surface area contributed by atoms with Crippen molar-refractivity contribution in [2.24, 2.45) is 0 Å². The standard InChI is InChI=1S/C4H8OS4/c1-8(5)3-6-9-2-4(9)7-9/h4H,2-3H2,1H3. The van der Waals surface area contributed by atoms with Crippen molar-refractivity contribution in [2.75, 3.05) is 17.1 Å². The van der Waals surface area contributed by atoms with Gasteiger partial charge in [0, 0.05) is 22.8 Å². The maximum Gasteiger partial charge on any atom is 0.0786 e. The van der Waals surface area contributed by atoms with Gasteiger partial charge in [-0.25, -0.2) is 0 Å². The molecule has 0 aromatic carbocycles. The van der Waals surface area contributed by atoms with Crippen LogP contribution in [0.25, 0.3) is 0 Å². The molecule has 0 radical (unpaired) electrons. The summed E-state index contributed by atoms with van der Waals surface area (Å²) in [5.74, 6) is 1.46. The molecule has 5 heteroatoms. The van der Waals surface area contributed by atoms with Gasteiger partial charge in [0.15, 0.2) is 0 Å². The minimum atomic E-state index is -0.575. The van der Waals surface area contributed by atoms with E-state index in [-0.39, 0.29) is 8.09 Å². The molecule has 0 spiro atoms. The van der Waals surface area contributed by atoms with E-state index in [0.29, 0.717) is 0 Å². The van der Waals surface area contributed by atoms with Crippen molar-refractivity contribution in [3.05, 3.63) is 0 Å². The summed E-state index contributed by atoms with van der Waals surface area (Å²) in [4.78, 5) is 0. The lowest BCUT2D eigenvalue weighted by Crippen LogP contribution is -1.85. The van der Waals surface area contributed by atoms with Gasteiger partial charge >= 0.3 is 0 Å². The largest absolute Gasteiger partial charge is 0.259 e. The zero-order valence-corrected chi connectivity index (χ0v) is 8.30. The second kappa shape index (κ2) is 2.09. The molecule has 2 heterocycles. The maximum atomic E-state index is 10.6. The summed E-state index contributed by atoms with van der Waals surface area (Å²) in [6.07, 6.45) is 1.79. The van der Waals surface area contributed by atoms with Crippen LogP contribution < -0.4 is 0 Å². The van der Waals surface area contributed by atoms with Crippen molar-refractivity contribution >= 4 is 40.5 Å². The Morgan fingerprint density at radius 3 is 2.89 bits per heavy atom. The molecule has 3 atom stereocenters. The molecule has 2 saturated heterocycles. The Labute approximate surface area is 66.3 Å². The molecule has 2 aliphatic rings. The maximum absolute atomic E-state index is 10.6. The average molecular weight is 200 g/mol. The summed E-state index contributed by atoms with van der Waals surface area (Å²) in [5.41, 5.74) is 0. The van der Waals surface area contributed by atoms with Crippen LogP contribution in [0.3, 0.4) is 0 Å². The van der Waals surface area contributed by atoms with Crippen molar-refractivity contribution in [1.29, 1.82) is 0 Å². The highest BCUT2D eigenvalue weighted by Crippen LogP contribution is 3.04. The molecular formula is C4H8OS4. The van der Waals surface area contributed by atoms with E-state index in [1.54, 1.807) is 6.26 Å². The Kier molecular flexibility index (Phi) is 1.60. The van der Waals surface area contributed by atoms with Crippen LogP contribution in [-0.4, -0.2) is 25.9 Å². The van der Waals surface area contributed by atoms with E-state index in [1.165, 1.54) is 5.75 Å². The zero-order chi connectivity index (χ0) is 6.48. The second-order valence-corrected chi connectivity index (χ2v) is 13.3. The fraction of sp³-hybridized carbons (Fsp3) is 1.00. The van der Waals surface area contributed by atoms with E-state index in [4.69, 9.17) is 0 Å². The van der Waals surface area contributed by atoms with Crippen LogP contribution >= 0.6 is 29.7 Å². The van der Waals surface area contributed by atoms with Crippen LogP contribution in [0.4, 0.5) is 0 Å². The molecule has 0 N–H and O–H groups in total. The minimum Gasteiger partial charge on any atom is -0.259 e. The number of fused-ring (bicyclic) bond motifs is 1. The third-order valence-electron chi connectivity index (χ3n) is 1.30. The quantitative estimate of drug-likeness (QED) is 0.510. The van der Waals surface area contributed by atoms with E-state index >= 15 is 0 Å². The SMILES string of the molecule is CS(=O)CSS12CC1S2.